The Hall–Kier alpha value is -1.38. The van der Waals surface area contributed by atoms with E-state index in [0.29, 0.717) is 13.0 Å². The lowest BCUT2D eigenvalue weighted by molar-refractivity contribution is 0.0656. The fourth-order valence-electron chi connectivity index (χ4n) is 1.41. The predicted octanol–water partition coefficient (Wildman–Crippen LogP) is 1.07. The smallest absolute Gasteiger partial charge is 0.371 e. The number of carboxylic acids is 1. The molecule has 0 unspecified atom stereocenters. The summed E-state index contributed by atoms with van der Waals surface area (Å²) in [4.78, 5) is 10.6. The molecule has 7 nitrogen and oxygen atoms in total. The molecule has 1 aromatic rings. The Morgan fingerprint density at radius 3 is 2.68 bits per heavy atom. The molecule has 0 fully saturated rings. The SMILES string of the molecule is COCCCCCNS(=O)(=O)c1ccc(C(=O)O)o1. The predicted molar refractivity (Wildman–Crippen MR) is 66.6 cm³/mol. The van der Waals surface area contributed by atoms with Gasteiger partial charge < -0.3 is 14.3 Å². The van der Waals surface area contributed by atoms with Gasteiger partial charge in [-0.05, 0) is 31.4 Å². The van der Waals surface area contributed by atoms with E-state index < -0.39 is 21.8 Å². The fraction of sp³-hybridized carbons (Fsp3) is 0.545. The van der Waals surface area contributed by atoms with E-state index in [9.17, 15) is 13.2 Å². The van der Waals surface area contributed by atoms with Crippen molar-refractivity contribution in [3.63, 3.8) is 0 Å². The molecular weight excluding hydrogens is 274 g/mol. The third kappa shape index (κ3) is 5.01. The highest BCUT2D eigenvalue weighted by Crippen LogP contribution is 2.13. The Bertz CT molecular complexity index is 507. The van der Waals surface area contributed by atoms with Crippen LogP contribution in [0.1, 0.15) is 29.8 Å². The van der Waals surface area contributed by atoms with Crippen molar-refractivity contribution in [3.05, 3.63) is 17.9 Å². The van der Waals surface area contributed by atoms with Crippen molar-refractivity contribution >= 4 is 16.0 Å². The van der Waals surface area contributed by atoms with E-state index >= 15 is 0 Å². The number of sulfonamides is 1. The second-order valence-corrected chi connectivity index (χ2v) is 5.57. The summed E-state index contributed by atoms with van der Waals surface area (Å²) < 4.78 is 35.4. The number of carboxylic acid groups (broad SMARTS) is 1. The Morgan fingerprint density at radius 1 is 1.37 bits per heavy atom. The van der Waals surface area contributed by atoms with Gasteiger partial charge in [-0.15, -0.1) is 0 Å². The van der Waals surface area contributed by atoms with Crippen LogP contribution in [0.2, 0.25) is 0 Å². The number of hydrogen-bond acceptors (Lipinski definition) is 5. The summed E-state index contributed by atoms with van der Waals surface area (Å²) in [7, 11) is -2.17. The summed E-state index contributed by atoms with van der Waals surface area (Å²) in [6.45, 7) is 0.919. The van der Waals surface area contributed by atoms with Gasteiger partial charge >= 0.3 is 5.97 Å². The zero-order valence-corrected chi connectivity index (χ0v) is 11.4. The lowest BCUT2D eigenvalue weighted by Gasteiger charge is -2.04. The van der Waals surface area contributed by atoms with Crippen LogP contribution in [0.4, 0.5) is 0 Å². The van der Waals surface area contributed by atoms with Gasteiger partial charge in [-0.1, -0.05) is 0 Å². The first-order valence-electron chi connectivity index (χ1n) is 5.79. The zero-order chi connectivity index (χ0) is 14.3. The van der Waals surface area contributed by atoms with Crippen molar-refractivity contribution in [2.24, 2.45) is 0 Å². The summed E-state index contributed by atoms with van der Waals surface area (Å²) in [5.74, 6) is -1.71. The van der Waals surface area contributed by atoms with Gasteiger partial charge in [0, 0.05) is 20.3 Å². The average Bonchev–Trinajstić information content (AvgIpc) is 2.84. The van der Waals surface area contributed by atoms with E-state index in [1.807, 2.05) is 0 Å². The largest absolute Gasteiger partial charge is 0.475 e. The van der Waals surface area contributed by atoms with E-state index in [1.54, 1.807) is 7.11 Å². The van der Waals surface area contributed by atoms with Crippen molar-refractivity contribution in [3.8, 4) is 0 Å². The van der Waals surface area contributed by atoms with Gasteiger partial charge in [-0.3, -0.25) is 0 Å². The average molecular weight is 291 g/mol. The van der Waals surface area contributed by atoms with Crippen LogP contribution >= 0.6 is 0 Å². The number of rotatable bonds is 9. The number of methoxy groups -OCH3 is 1. The van der Waals surface area contributed by atoms with E-state index in [2.05, 4.69) is 4.72 Å². The van der Waals surface area contributed by atoms with Crippen molar-refractivity contribution in [1.29, 1.82) is 0 Å². The summed E-state index contributed by atoms with van der Waals surface area (Å²) in [5, 5.41) is 8.25. The summed E-state index contributed by atoms with van der Waals surface area (Å²) in [6.07, 6.45) is 2.38. The molecule has 1 heterocycles. The van der Waals surface area contributed by atoms with Crippen molar-refractivity contribution in [1.82, 2.24) is 4.72 Å². The van der Waals surface area contributed by atoms with Crippen LogP contribution in [-0.2, 0) is 14.8 Å². The maximum Gasteiger partial charge on any atom is 0.371 e. The zero-order valence-electron chi connectivity index (χ0n) is 10.6. The first-order valence-corrected chi connectivity index (χ1v) is 7.27. The van der Waals surface area contributed by atoms with Crippen LogP contribution in [0, 0.1) is 0 Å². The van der Waals surface area contributed by atoms with Gasteiger partial charge in [0.25, 0.3) is 10.0 Å². The molecule has 0 atom stereocenters. The number of ether oxygens (including phenoxy) is 1. The lowest BCUT2D eigenvalue weighted by atomic mass is 10.2. The number of unbranched alkanes of at least 4 members (excludes halogenated alkanes) is 2. The van der Waals surface area contributed by atoms with Crippen LogP contribution in [-0.4, -0.2) is 39.8 Å². The maximum absolute atomic E-state index is 11.7. The highest BCUT2D eigenvalue weighted by Gasteiger charge is 2.20. The summed E-state index contributed by atoms with van der Waals surface area (Å²) in [6, 6.07) is 2.23. The molecule has 0 spiro atoms. The molecule has 0 bridgehead atoms. The molecule has 0 saturated carbocycles. The van der Waals surface area contributed by atoms with Crippen LogP contribution < -0.4 is 4.72 Å². The van der Waals surface area contributed by atoms with Gasteiger partial charge in [0.1, 0.15) is 0 Å². The number of aromatic carboxylic acids is 1. The first kappa shape index (κ1) is 15.7. The van der Waals surface area contributed by atoms with Gasteiger partial charge in [0.05, 0.1) is 0 Å². The topological polar surface area (TPSA) is 106 Å². The highest BCUT2D eigenvalue weighted by molar-refractivity contribution is 7.89. The summed E-state index contributed by atoms with van der Waals surface area (Å²) in [5.41, 5.74) is 0. The molecule has 19 heavy (non-hydrogen) atoms. The second kappa shape index (κ2) is 7.27. The Morgan fingerprint density at radius 2 is 2.11 bits per heavy atom. The van der Waals surface area contributed by atoms with Crippen LogP contribution in [0.15, 0.2) is 21.6 Å². The van der Waals surface area contributed by atoms with Crippen LogP contribution in [0.5, 0.6) is 0 Å². The van der Waals surface area contributed by atoms with Crippen molar-refractivity contribution in [2.75, 3.05) is 20.3 Å². The molecule has 8 heteroatoms. The molecule has 1 rings (SSSR count). The molecule has 0 aromatic carbocycles. The molecule has 0 aliphatic rings. The third-order valence-corrected chi connectivity index (χ3v) is 3.71. The standard InChI is InChI=1S/C11H17NO6S/c1-17-8-4-2-3-7-12-19(15,16)10-6-5-9(18-10)11(13)14/h5-6,12H,2-4,7-8H2,1H3,(H,13,14). The Balaban J connectivity index is 2.44. The number of carbonyl (C=O) groups is 1. The molecule has 108 valence electrons. The molecule has 0 saturated heterocycles. The van der Waals surface area contributed by atoms with E-state index in [4.69, 9.17) is 14.3 Å². The quantitative estimate of drug-likeness (QED) is 0.659. The Kier molecular flexibility index (Phi) is 6.00. The van der Waals surface area contributed by atoms with Gasteiger partial charge in [-0.2, -0.15) is 0 Å². The molecular formula is C11H17NO6S. The Labute approximate surface area is 111 Å². The van der Waals surface area contributed by atoms with Crippen LogP contribution in [0.25, 0.3) is 0 Å². The van der Waals surface area contributed by atoms with E-state index in [-0.39, 0.29) is 11.6 Å². The van der Waals surface area contributed by atoms with Gasteiger partial charge in [0.2, 0.25) is 10.9 Å². The fourth-order valence-corrected chi connectivity index (χ4v) is 2.41. The van der Waals surface area contributed by atoms with Gasteiger partial charge in [-0.25, -0.2) is 17.9 Å². The van der Waals surface area contributed by atoms with E-state index in [1.165, 1.54) is 0 Å². The minimum Gasteiger partial charge on any atom is -0.475 e. The third-order valence-electron chi connectivity index (χ3n) is 2.37. The first-order chi connectivity index (χ1) is 8.97. The number of nitrogens with one attached hydrogen (secondary N) is 1. The monoisotopic (exact) mass is 291 g/mol. The lowest BCUT2D eigenvalue weighted by Crippen LogP contribution is -2.24. The maximum atomic E-state index is 11.7. The minimum absolute atomic E-state index is 0.273. The van der Waals surface area contributed by atoms with Crippen LogP contribution in [0.3, 0.4) is 0 Å². The molecule has 0 amide bonds. The number of hydrogen-bond donors (Lipinski definition) is 2. The normalized spacial score (nSPS) is 11.6. The second-order valence-electron chi connectivity index (χ2n) is 3.88. The molecule has 0 aliphatic carbocycles. The van der Waals surface area contributed by atoms with Crippen molar-refractivity contribution in [2.45, 2.75) is 24.4 Å². The molecule has 0 radical (unpaired) electrons. The van der Waals surface area contributed by atoms with Gasteiger partial charge in [0.15, 0.2) is 0 Å². The minimum atomic E-state index is -3.78. The highest BCUT2D eigenvalue weighted by atomic mass is 32.2. The van der Waals surface area contributed by atoms with E-state index in [0.717, 1.165) is 25.0 Å². The molecule has 2 N–H and O–H groups in total. The number of furan rings is 1. The van der Waals surface area contributed by atoms with Crippen molar-refractivity contribution < 1.29 is 27.5 Å². The molecule has 1 aromatic heterocycles. The summed E-state index contributed by atoms with van der Waals surface area (Å²) >= 11 is 0. The molecule has 0 aliphatic heterocycles.